The van der Waals surface area contributed by atoms with Crippen molar-refractivity contribution in [1.82, 2.24) is 10.2 Å². The topological polar surface area (TPSA) is 29.0 Å². The lowest BCUT2D eigenvalue weighted by molar-refractivity contribution is 0.311. The Labute approximate surface area is 103 Å². The molecule has 2 heterocycles. The number of hydrogen-bond acceptors (Lipinski definition) is 4. The molecule has 1 saturated heterocycles. The van der Waals surface area contributed by atoms with E-state index in [9.17, 15) is 0 Å². The first-order valence-electron chi connectivity index (χ1n) is 5.41. The summed E-state index contributed by atoms with van der Waals surface area (Å²) >= 11 is 4.98. The summed E-state index contributed by atoms with van der Waals surface area (Å²) < 4.78 is 0.878. The lowest BCUT2D eigenvalue weighted by Gasteiger charge is -2.33. The number of halogens is 1. The molecule has 1 aromatic rings. The molecule has 0 amide bonds. The van der Waals surface area contributed by atoms with Crippen LogP contribution in [0.4, 0.5) is 5.13 Å². The van der Waals surface area contributed by atoms with Gasteiger partial charge in [-0.15, -0.1) is 10.2 Å². The van der Waals surface area contributed by atoms with Gasteiger partial charge in [0.15, 0.2) is 3.92 Å². The zero-order chi connectivity index (χ0) is 10.8. The molecule has 0 unspecified atom stereocenters. The van der Waals surface area contributed by atoms with Crippen LogP contribution in [0, 0.1) is 11.8 Å². The van der Waals surface area contributed by atoms with E-state index in [1.54, 1.807) is 11.3 Å². The molecule has 2 rings (SSSR count). The van der Waals surface area contributed by atoms with Crippen molar-refractivity contribution >= 4 is 32.4 Å². The predicted molar refractivity (Wildman–Crippen MR) is 67.4 cm³/mol. The molecule has 0 bridgehead atoms. The molecule has 0 aromatic carbocycles. The summed E-state index contributed by atoms with van der Waals surface area (Å²) in [5, 5.41) is 9.21. The van der Waals surface area contributed by atoms with Crippen molar-refractivity contribution in [1.29, 1.82) is 0 Å². The lowest BCUT2D eigenvalue weighted by Crippen LogP contribution is -2.35. The first-order chi connectivity index (χ1) is 7.16. The van der Waals surface area contributed by atoms with Gasteiger partial charge in [0.2, 0.25) is 5.13 Å². The molecule has 0 spiro atoms. The van der Waals surface area contributed by atoms with Gasteiger partial charge < -0.3 is 4.90 Å². The van der Waals surface area contributed by atoms with Gasteiger partial charge in [0, 0.05) is 13.1 Å². The molecule has 1 aliphatic heterocycles. The SMILES string of the molecule is CC(C)C1CCN(c2nnc(Br)s2)CC1. The van der Waals surface area contributed by atoms with E-state index in [4.69, 9.17) is 0 Å². The van der Waals surface area contributed by atoms with Crippen LogP contribution in [0.5, 0.6) is 0 Å². The average molecular weight is 290 g/mol. The van der Waals surface area contributed by atoms with Gasteiger partial charge in [-0.25, -0.2) is 0 Å². The van der Waals surface area contributed by atoms with E-state index in [2.05, 4.69) is 44.9 Å². The van der Waals surface area contributed by atoms with Gasteiger partial charge in [-0.3, -0.25) is 0 Å². The van der Waals surface area contributed by atoms with E-state index < -0.39 is 0 Å². The Morgan fingerprint density at radius 3 is 2.47 bits per heavy atom. The highest BCUT2D eigenvalue weighted by Crippen LogP contribution is 2.30. The number of nitrogens with zero attached hydrogens (tertiary/aromatic N) is 3. The minimum atomic E-state index is 0.813. The van der Waals surface area contributed by atoms with Crippen molar-refractivity contribution in [2.45, 2.75) is 26.7 Å². The number of anilines is 1. The Hall–Kier alpha value is -0.160. The lowest BCUT2D eigenvalue weighted by atomic mass is 9.87. The van der Waals surface area contributed by atoms with Gasteiger partial charge in [0.25, 0.3) is 0 Å². The molecule has 84 valence electrons. The third kappa shape index (κ3) is 2.69. The highest BCUT2D eigenvalue weighted by Gasteiger charge is 2.23. The van der Waals surface area contributed by atoms with Crippen molar-refractivity contribution in [2.24, 2.45) is 11.8 Å². The Morgan fingerprint density at radius 2 is 2.00 bits per heavy atom. The van der Waals surface area contributed by atoms with Crippen LogP contribution in [0.15, 0.2) is 3.92 Å². The van der Waals surface area contributed by atoms with Crippen molar-refractivity contribution in [3.63, 3.8) is 0 Å². The minimum Gasteiger partial charge on any atom is -0.347 e. The van der Waals surface area contributed by atoms with Gasteiger partial charge in [0.1, 0.15) is 0 Å². The smallest absolute Gasteiger partial charge is 0.209 e. The van der Waals surface area contributed by atoms with Crippen molar-refractivity contribution < 1.29 is 0 Å². The van der Waals surface area contributed by atoms with E-state index in [0.29, 0.717) is 0 Å². The Morgan fingerprint density at radius 1 is 1.33 bits per heavy atom. The van der Waals surface area contributed by atoms with Crippen molar-refractivity contribution in [2.75, 3.05) is 18.0 Å². The average Bonchev–Trinajstić information content (AvgIpc) is 2.65. The molecule has 0 aliphatic carbocycles. The number of aromatic nitrogens is 2. The molecule has 1 aliphatic rings. The van der Waals surface area contributed by atoms with E-state index in [1.807, 2.05) is 0 Å². The van der Waals surface area contributed by atoms with E-state index in [-0.39, 0.29) is 0 Å². The number of rotatable bonds is 2. The molecule has 5 heteroatoms. The van der Waals surface area contributed by atoms with Crippen LogP contribution in [-0.4, -0.2) is 23.3 Å². The van der Waals surface area contributed by atoms with Crippen LogP contribution in [0.25, 0.3) is 0 Å². The van der Waals surface area contributed by atoms with Crippen LogP contribution >= 0.6 is 27.3 Å². The number of hydrogen-bond donors (Lipinski definition) is 0. The summed E-state index contributed by atoms with van der Waals surface area (Å²) in [7, 11) is 0. The van der Waals surface area contributed by atoms with Gasteiger partial charge in [-0.1, -0.05) is 25.2 Å². The second-order valence-corrected chi connectivity index (χ2v) is 6.64. The highest BCUT2D eigenvalue weighted by atomic mass is 79.9. The second-order valence-electron chi connectivity index (χ2n) is 4.41. The Bertz CT molecular complexity index is 318. The number of piperidine rings is 1. The second kappa shape index (κ2) is 4.78. The molecule has 1 aromatic heterocycles. The fourth-order valence-electron chi connectivity index (χ4n) is 2.08. The maximum atomic E-state index is 4.16. The quantitative estimate of drug-likeness (QED) is 0.837. The summed E-state index contributed by atoms with van der Waals surface area (Å²) in [5.74, 6) is 1.70. The van der Waals surface area contributed by atoms with E-state index in [0.717, 1.165) is 34.0 Å². The van der Waals surface area contributed by atoms with Crippen molar-refractivity contribution in [3.05, 3.63) is 3.92 Å². The summed E-state index contributed by atoms with van der Waals surface area (Å²) in [5.41, 5.74) is 0. The summed E-state index contributed by atoms with van der Waals surface area (Å²) in [6.07, 6.45) is 2.57. The van der Waals surface area contributed by atoms with Crippen LogP contribution < -0.4 is 4.90 Å². The maximum Gasteiger partial charge on any atom is 0.209 e. The Balaban J connectivity index is 1.93. The first kappa shape index (κ1) is 11.3. The third-order valence-corrected chi connectivity index (χ3v) is 4.56. The molecule has 0 N–H and O–H groups in total. The fourth-order valence-corrected chi connectivity index (χ4v) is 3.22. The largest absolute Gasteiger partial charge is 0.347 e. The molecule has 3 nitrogen and oxygen atoms in total. The highest BCUT2D eigenvalue weighted by molar-refractivity contribution is 9.11. The van der Waals surface area contributed by atoms with Gasteiger partial charge in [-0.2, -0.15) is 0 Å². The molecular formula is C10H16BrN3S. The van der Waals surface area contributed by atoms with Gasteiger partial charge in [0.05, 0.1) is 0 Å². The van der Waals surface area contributed by atoms with E-state index >= 15 is 0 Å². The zero-order valence-corrected chi connectivity index (χ0v) is 11.5. The monoisotopic (exact) mass is 289 g/mol. The standard InChI is InChI=1S/C10H16BrN3S/c1-7(2)8-3-5-14(6-4-8)10-13-12-9(11)15-10/h7-8H,3-6H2,1-2H3. The van der Waals surface area contributed by atoms with E-state index in [1.165, 1.54) is 12.8 Å². The van der Waals surface area contributed by atoms with Crippen LogP contribution in [-0.2, 0) is 0 Å². The Kier molecular flexibility index (Phi) is 3.61. The fraction of sp³-hybridized carbons (Fsp3) is 0.800. The summed E-state index contributed by atoms with van der Waals surface area (Å²) in [4.78, 5) is 2.35. The first-order valence-corrected chi connectivity index (χ1v) is 7.01. The summed E-state index contributed by atoms with van der Waals surface area (Å²) in [6, 6.07) is 0. The van der Waals surface area contributed by atoms with Gasteiger partial charge >= 0.3 is 0 Å². The minimum absolute atomic E-state index is 0.813. The van der Waals surface area contributed by atoms with Gasteiger partial charge in [-0.05, 0) is 40.6 Å². The predicted octanol–water partition coefficient (Wildman–Crippen LogP) is 3.17. The molecule has 15 heavy (non-hydrogen) atoms. The van der Waals surface area contributed by atoms with Crippen LogP contribution in [0.1, 0.15) is 26.7 Å². The molecule has 0 atom stereocenters. The maximum absolute atomic E-state index is 4.16. The summed E-state index contributed by atoms with van der Waals surface area (Å²) in [6.45, 7) is 6.90. The molecule has 1 fully saturated rings. The van der Waals surface area contributed by atoms with Crippen molar-refractivity contribution in [3.8, 4) is 0 Å². The molecule has 0 saturated carbocycles. The zero-order valence-electron chi connectivity index (χ0n) is 9.11. The normalized spacial score (nSPS) is 18.8. The van der Waals surface area contributed by atoms with Crippen LogP contribution in [0.2, 0.25) is 0 Å². The third-order valence-electron chi connectivity index (χ3n) is 3.14. The molecular weight excluding hydrogens is 274 g/mol. The van der Waals surface area contributed by atoms with Crippen LogP contribution in [0.3, 0.4) is 0 Å². The molecule has 0 radical (unpaired) electrons.